The van der Waals surface area contributed by atoms with E-state index in [-0.39, 0.29) is 12.3 Å². The zero-order valence-corrected chi connectivity index (χ0v) is 18.3. The number of carbonyl (C=O) groups excluding carboxylic acids is 3. The van der Waals surface area contributed by atoms with Crippen molar-refractivity contribution in [3.05, 3.63) is 60.2 Å². The van der Waals surface area contributed by atoms with Crippen LogP contribution in [0.25, 0.3) is 0 Å². The topological polar surface area (TPSA) is 84.9 Å². The number of carbonyl (C=O) groups is 3. The fourth-order valence-corrected chi connectivity index (χ4v) is 3.31. The van der Waals surface area contributed by atoms with E-state index in [9.17, 15) is 14.4 Å². The second kappa shape index (κ2) is 9.20. The average Bonchev–Trinajstić information content (AvgIpc) is 2.72. The summed E-state index contributed by atoms with van der Waals surface area (Å²) in [7, 11) is 0. The maximum Gasteiger partial charge on any atom is 0.310 e. The van der Waals surface area contributed by atoms with E-state index in [1.807, 2.05) is 51.1 Å². The van der Waals surface area contributed by atoms with Crippen molar-refractivity contribution in [2.45, 2.75) is 58.4 Å². The molecule has 0 saturated heterocycles. The molecule has 0 saturated carbocycles. The molecule has 3 rings (SSSR count). The lowest BCUT2D eigenvalue weighted by Gasteiger charge is -2.37. The number of hydrogen-bond donors (Lipinski definition) is 1. The molecule has 0 unspecified atom stereocenters. The fraction of sp³-hybridized carbons (Fsp3) is 0.375. The Bertz CT molecular complexity index is 952. The van der Waals surface area contributed by atoms with Crippen LogP contribution in [0.5, 0.6) is 5.75 Å². The van der Waals surface area contributed by atoms with Crippen molar-refractivity contribution in [3.63, 3.8) is 0 Å². The van der Waals surface area contributed by atoms with Crippen molar-refractivity contribution in [1.82, 2.24) is 4.90 Å². The number of ether oxygens (including phenoxy) is 2. The van der Waals surface area contributed by atoms with Gasteiger partial charge in [-0.05, 0) is 45.4 Å². The molecule has 0 radical (unpaired) electrons. The molecule has 164 valence electrons. The summed E-state index contributed by atoms with van der Waals surface area (Å²) in [5.41, 5.74) is 1.07. The zero-order valence-electron chi connectivity index (χ0n) is 18.3. The number of rotatable bonds is 6. The van der Waals surface area contributed by atoms with Gasteiger partial charge in [-0.3, -0.25) is 14.4 Å². The molecule has 1 aliphatic rings. The molecule has 0 aliphatic carbocycles. The quantitative estimate of drug-likeness (QED) is 0.717. The number of nitrogens with zero attached hydrogens (tertiary/aromatic N) is 1. The molecule has 2 aromatic carbocycles. The minimum atomic E-state index is -1.01. The molecule has 1 heterocycles. The van der Waals surface area contributed by atoms with Gasteiger partial charge in [-0.2, -0.15) is 0 Å². The fourth-order valence-electron chi connectivity index (χ4n) is 3.31. The van der Waals surface area contributed by atoms with Gasteiger partial charge in [-0.25, -0.2) is 0 Å². The number of anilines is 1. The van der Waals surface area contributed by atoms with Crippen LogP contribution in [0.15, 0.2) is 54.6 Å². The highest BCUT2D eigenvalue weighted by Crippen LogP contribution is 2.29. The van der Waals surface area contributed by atoms with Crippen LogP contribution in [-0.2, 0) is 25.7 Å². The normalized spacial score (nSPS) is 16.4. The van der Waals surface area contributed by atoms with Gasteiger partial charge in [0.25, 0.3) is 11.8 Å². The van der Waals surface area contributed by atoms with E-state index in [1.54, 1.807) is 36.1 Å². The van der Waals surface area contributed by atoms with Crippen molar-refractivity contribution in [3.8, 4) is 5.75 Å². The van der Waals surface area contributed by atoms with Gasteiger partial charge in [0.05, 0.1) is 12.1 Å². The number of amides is 2. The van der Waals surface area contributed by atoms with Gasteiger partial charge in [-0.15, -0.1) is 0 Å². The second-order valence-electron chi connectivity index (χ2n) is 8.51. The van der Waals surface area contributed by atoms with E-state index in [1.165, 1.54) is 0 Å². The Kier molecular flexibility index (Phi) is 6.63. The number of para-hydroxylation sites is 2. The van der Waals surface area contributed by atoms with Crippen molar-refractivity contribution < 1.29 is 23.9 Å². The summed E-state index contributed by atoms with van der Waals surface area (Å²) >= 11 is 0. The minimum absolute atomic E-state index is 0.286. The maximum atomic E-state index is 13.1. The van der Waals surface area contributed by atoms with E-state index in [0.717, 1.165) is 5.56 Å². The summed E-state index contributed by atoms with van der Waals surface area (Å²) in [5.74, 6) is -0.904. The molecule has 31 heavy (non-hydrogen) atoms. The van der Waals surface area contributed by atoms with Gasteiger partial charge in [0.1, 0.15) is 5.75 Å². The third-order valence-electron chi connectivity index (χ3n) is 4.97. The monoisotopic (exact) mass is 424 g/mol. The van der Waals surface area contributed by atoms with Crippen LogP contribution < -0.4 is 10.1 Å². The van der Waals surface area contributed by atoms with Crippen molar-refractivity contribution in [1.29, 1.82) is 0 Å². The summed E-state index contributed by atoms with van der Waals surface area (Å²) in [6, 6.07) is 16.6. The highest BCUT2D eigenvalue weighted by atomic mass is 16.6. The first-order valence-corrected chi connectivity index (χ1v) is 10.3. The van der Waals surface area contributed by atoms with Gasteiger partial charge in [0.15, 0.2) is 12.2 Å². The highest BCUT2D eigenvalue weighted by Gasteiger charge is 2.34. The lowest BCUT2D eigenvalue weighted by Crippen LogP contribution is -2.50. The predicted molar refractivity (Wildman–Crippen MR) is 116 cm³/mol. The lowest BCUT2D eigenvalue weighted by molar-refractivity contribution is -0.163. The Hall–Kier alpha value is -3.35. The van der Waals surface area contributed by atoms with Crippen LogP contribution >= 0.6 is 0 Å². The Balaban J connectivity index is 1.62. The summed E-state index contributed by atoms with van der Waals surface area (Å²) in [6.45, 7) is 7.73. The molecule has 7 nitrogen and oxygen atoms in total. The van der Waals surface area contributed by atoms with Gasteiger partial charge in [0.2, 0.25) is 0 Å². The number of nitrogens with one attached hydrogen (secondary N) is 1. The molecular formula is C24H28N2O5. The zero-order chi connectivity index (χ0) is 22.6. The predicted octanol–water partition coefficient (Wildman–Crippen LogP) is 3.54. The first-order chi connectivity index (χ1) is 14.6. The van der Waals surface area contributed by atoms with Gasteiger partial charge >= 0.3 is 5.97 Å². The molecule has 0 spiro atoms. The summed E-state index contributed by atoms with van der Waals surface area (Å²) in [5, 5.41) is 2.71. The summed E-state index contributed by atoms with van der Waals surface area (Å²) in [6.07, 6.45) is -2.28. The highest BCUT2D eigenvalue weighted by molar-refractivity contribution is 5.99. The molecule has 0 bridgehead atoms. The molecule has 0 fully saturated rings. The molecule has 0 aromatic heterocycles. The maximum absolute atomic E-state index is 13.1. The smallest absolute Gasteiger partial charge is 0.310 e. The second-order valence-corrected chi connectivity index (χ2v) is 8.51. The summed E-state index contributed by atoms with van der Waals surface area (Å²) < 4.78 is 11.0. The number of hydrogen-bond acceptors (Lipinski definition) is 5. The summed E-state index contributed by atoms with van der Waals surface area (Å²) in [4.78, 5) is 39.5. The average molecular weight is 424 g/mol. The standard InChI is InChI=1S/C24H28N2O5/c1-16(23(29)26(24(2,3)4)15-17-10-6-5-7-11-17)30-21(27)14-20-22(28)25-18-12-8-9-13-19(18)31-20/h5-13,16,20H,14-15H2,1-4H3,(H,25,28)/t16-,20-/m1/s1. The van der Waals surface area contributed by atoms with Gasteiger partial charge in [0, 0.05) is 12.1 Å². The molecule has 2 aromatic rings. The van der Waals surface area contributed by atoms with Crippen molar-refractivity contribution in [2.24, 2.45) is 0 Å². The third-order valence-corrected chi connectivity index (χ3v) is 4.97. The van der Waals surface area contributed by atoms with E-state index in [2.05, 4.69) is 5.32 Å². The molecule has 2 atom stereocenters. The molecule has 1 N–H and O–H groups in total. The first kappa shape index (κ1) is 22.3. The number of esters is 1. The van der Waals surface area contributed by atoms with E-state index < -0.39 is 29.6 Å². The molecule has 7 heteroatoms. The Morgan fingerprint density at radius 2 is 1.74 bits per heavy atom. The van der Waals surface area contributed by atoms with Crippen LogP contribution in [0.4, 0.5) is 5.69 Å². The van der Waals surface area contributed by atoms with Crippen LogP contribution in [0.2, 0.25) is 0 Å². The van der Waals surface area contributed by atoms with Crippen LogP contribution in [0.1, 0.15) is 39.7 Å². The minimum Gasteiger partial charge on any atom is -0.478 e. The van der Waals surface area contributed by atoms with Crippen molar-refractivity contribution >= 4 is 23.5 Å². The Morgan fingerprint density at radius 3 is 2.42 bits per heavy atom. The largest absolute Gasteiger partial charge is 0.478 e. The van der Waals surface area contributed by atoms with E-state index in [4.69, 9.17) is 9.47 Å². The van der Waals surface area contributed by atoms with Crippen LogP contribution in [-0.4, -0.2) is 40.4 Å². The third kappa shape index (κ3) is 5.63. The number of fused-ring (bicyclic) bond motifs is 1. The molecular weight excluding hydrogens is 396 g/mol. The van der Waals surface area contributed by atoms with E-state index in [0.29, 0.717) is 18.0 Å². The molecule has 1 aliphatic heterocycles. The van der Waals surface area contributed by atoms with E-state index >= 15 is 0 Å². The van der Waals surface area contributed by atoms with Gasteiger partial charge < -0.3 is 19.7 Å². The van der Waals surface area contributed by atoms with Crippen molar-refractivity contribution in [2.75, 3.05) is 5.32 Å². The molecule has 2 amide bonds. The number of benzene rings is 2. The van der Waals surface area contributed by atoms with Crippen LogP contribution in [0, 0.1) is 0 Å². The SMILES string of the molecule is C[C@@H](OC(=O)C[C@H]1Oc2ccccc2NC1=O)C(=O)N(Cc1ccccc1)C(C)(C)C. The lowest BCUT2D eigenvalue weighted by atomic mass is 10.0. The van der Waals surface area contributed by atoms with Gasteiger partial charge in [-0.1, -0.05) is 42.5 Å². The van der Waals surface area contributed by atoms with Crippen LogP contribution in [0.3, 0.4) is 0 Å². The Labute approximate surface area is 182 Å². The first-order valence-electron chi connectivity index (χ1n) is 10.3. The Morgan fingerprint density at radius 1 is 1.10 bits per heavy atom.